The van der Waals surface area contributed by atoms with Gasteiger partial charge in [-0.05, 0) is 25.2 Å². The molecule has 1 unspecified atom stereocenters. The fourth-order valence-electron chi connectivity index (χ4n) is 0.167. The minimum Gasteiger partial charge on any atom is -0.382 e. The Kier molecular flexibility index (Phi) is 22.3. The van der Waals surface area contributed by atoms with Crippen LogP contribution in [0.4, 0.5) is 0 Å². The summed E-state index contributed by atoms with van der Waals surface area (Å²) >= 11 is 0. The summed E-state index contributed by atoms with van der Waals surface area (Å²) in [5.41, 5.74) is 0. The minimum absolute atomic E-state index is 0.435. The zero-order valence-corrected chi connectivity index (χ0v) is 12.6. The third kappa shape index (κ3) is 56.2. The Morgan fingerprint density at radius 3 is 1.07 bits per heavy atom. The van der Waals surface area contributed by atoms with Crippen LogP contribution in [0.15, 0.2) is 0 Å². The maximum absolute atomic E-state index is 4.90. The van der Waals surface area contributed by atoms with Crippen molar-refractivity contribution in [3.63, 3.8) is 0 Å². The monoisotopic (exact) mass is 218 g/mol. The van der Waals surface area contributed by atoms with Gasteiger partial charge in [-0.15, -0.1) is 0 Å². The van der Waals surface area contributed by atoms with E-state index in [9.17, 15) is 0 Å². The zero-order chi connectivity index (χ0) is 12.9. The number of ether oxygens (including phenoxy) is 1. The summed E-state index contributed by atoms with van der Waals surface area (Å²) in [6, 6.07) is 0. The Morgan fingerprint density at radius 2 is 1.07 bits per heavy atom. The zero-order valence-electron chi connectivity index (χ0n) is 12.6. The van der Waals surface area contributed by atoms with Gasteiger partial charge in [-0.3, -0.25) is 0 Å². The first-order valence-corrected chi connectivity index (χ1v) is 6.34. The molecule has 1 atom stereocenters. The van der Waals surface area contributed by atoms with E-state index in [4.69, 9.17) is 4.74 Å². The lowest BCUT2D eigenvalue weighted by Crippen LogP contribution is -2.00. The molecule has 0 heterocycles. The molecular weight excluding hydrogens is 184 g/mol. The van der Waals surface area contributed by atoms with Gasteiger partial charge < -0.3 is 4.74 Å². The standard InChI is InChI=1S/C5H12O.C5H12.C4H10/c1-4-5(2)6-3;1-4-5(2)3;1-4(2)3/h5H,4H2,1-3H3;5H,4H2,1-3H3;4H,1-3H3. The molecule has 0 aliphatic carbocycles. The Balaban J connectivity index is -0.000000147. The van der Waals surface area contributed by atoms with E-state index in [1.54, 1.807) is 7.11 Å². The van der Waals surface area contributed by atoms with Crippen LogP contribution in [0.3, 0.4) is 0 Å². The molecular formula is C14H34O. The highest BCUT2D eigenvalue weighted by Crippen LogP contribution is 1.93. The second-order valence-electron chi connectivity index (χ2n) is 4.99. The fraction of sp³-hybridized carbons (Fsp3) is 1.00. The predicted molar refractivity (Wildman–Crippen MR) is 72.4 cm³/mol. The molecule has 0 saturated heterocycles. The van der Waals surface area contributed by atoms with Crippen LogP contribution >= 0.6 is 0 Å². The van der Waals surface area contributed by atoms with Crippen molar-refractivity contribution in [1.29, 1.82) is 0 Å². The van der Waals surface area contributed by atoms with E-state index in [1.807, 2.05) is 0 Å². The highest BCUT2D eigenvalue weighted by molar-refractivity contribution is 4.38. The predicted octanol–water partition coefficient (Wildman–Crippen LogP) is 5.15. The smallest absolute Gasteiger partial charge is 0.0540 e. The third-order valence-corrected chi connectivity index (χ3v) is 1.79. The Hall–Kier alpha value is -0.0400. The van der Waals surface area contributed by atoms with Gasteiger partial charge in [-0.1, -0.05) is 54.9 Å². The topological polar surface area (TPSA) is 9.23 Å². The van der Waals surface area contributed by atoms with Gasteiger partial charge in [0.2, 0.25) is 0 Å². The van der Waals surface area contributed by atoms with E-state index in [-0.39, 0.29) is 0 Å². The van der Waals surface area contributed by atoms with E-state index in [0.29, 0.717) is 6.10 Å². The average Bonchev–Trinajstić information content (AvgIpc) is 2.16. The van der Waals surface area contributed by atoms with Gasteiger partial charge in [-0.25, -0.2) is 0 Å². The molecule has 0 rings (SSSR count). The first kappa shape index (κ1) is 20.4. The van der Waals surface area contributed by atoms with Crippen molar-refractivity contribution in [2.24, 2.45) is 11.8 Å². The molecule has 0 radical (unpaired) electrons. The van der Waals surface area contributed by atoms with Crippen LogP contribution < -0.4 is 0 Å². The molecule has 0 N–H and O–H groups in total. The Labute approximate surface area is 98.6 Å². The normalized spacial score (nSPS) is 11.4. The van der Waals surface area contributed by atoms with E-state index in [0.717, 1.165) is 18.3 Å². The van der Waals surface area contributed by atoms with Crippen molar-refractivity contribution in [2.75, 3.05) is 7.11 Å². The van der Waals surface area contributed by atoms with Gasteiger partial charge in [0.05, 0.1) is 6.10 Å². The maximum atomic E-state index is 4.90. The molecule has 0 saturated carbocycles. The number of methoxy groups -OCH3 is 1. The fourth-order valence-corrected chi connectivity index (χ4v) is 0.167. The molecule has 15 heavy (non-hydrogen) atoms. The second-order valence-corrected chi connectivity index (χ2v) is 4.99. The summed E-state index contributed by atoms with van der Waals surface area (Å²) in [5.74, 6) is 1.72. The van der Waals surface area contributed by atoms with Gasteiger partial charge >= 0.3 is 0 Å². The Morgan fingerprint density at radius 1 is 0.800 bits per heavy atom. The van der Waals surface area contributed by atoms with Crippen LogP contribution in [0.25, 0.3) is 0 Å². The van der Waals surface area contributed by atoms with Gasteiger partial charge in [0.1, 0.15) is 0 Å². The number of hydrogen-bond donors (Lipinski definition) is 0. The molecule has 0 bridgehead atoms. The van der Waals surface area contributed by atoms with Crippen molar-refractivity contribution in [3.8, 4) is 0 Å². The summed E-state index contributed by atoms with van der Waals surface area (Å²) in [4.78, 5) is 0. The minimum atomic E-state index is 0.435. The lowest BCUT2D eigenvalue weighted by atomic mass is 10.2. The quantitative estimate of drug-likeness (QED) is 0.637. The van der Waals surface area contributed by atoms with Crippen LogP contribution in [0, 0.1) is 11.8 Å². The highest BCUT2D eigenvalue weighted by Gasteiger charge is 1.88. The molecule has 96 valence electrons. The number of rotatable bonds is 3. The van der Waals surface area contributed by atoms with Gasteiger partial charge in [0.25, 0.3) is 0 Å². The lowest BCUT2D eigenvalue weighted by molar-refractivity contribution is 0.115. The summed E-state index contributed by atoms with van der Waals surface area (Å²) in [6.07, 6.45) is 2.85. The van der Waals surface area contributed by atoms with Gasteiger partial charge in [-0.2, -0.15) is 0 Å². The first-order valence-electron chi connectivity index (χ1n) is 6.34. The molecule has 0 aromatic heterocycles. The molecule has 0 aliphatic rings. The molecule has 0 amide bonds. The van der Waals surface area contributed by atoms with E-state index in [1.165, 1.54) is 6.42 Å². The SMILES string of the molecule is CC(C)C.CCC(C)C.CCC(C)OC. The summed E-state index contributed by atoms with van der Waals surface area (Å²) in [6.45, 7) is 17.3. The average molecular weight is 218 g/mol. The van der Waals surface area contributed by atoms with Crippen LogP contribution in [-0.4, -0.2) is 13.2 Å². The molecule has 0 fully saturated rings. The molecule has 1 heteroatoms. The third-order valence-electron chi connectivity index (χ3n) is 1.79. The second kappa shape index (κ2) is 16.4. The van der Waals surface area contributed by atoms with Crippen molar-refractivity contribution < 1.29 is 4.74 Å². The maximum Gasteiger partial charge on any atom is 0.0540 e. The summed E-state index contributed by atoms with van der Waals surface area (Å²) in [7, 11) is 1.73. The van der Waals surface area contributed by atoms with E-state index >= 15 is 0 Å². The van der Waals surface area contributed by atoms with Crippen LogP contribution in [0.5, 0.6) is 0 Å². The lowest BCUT2D eigenvalue weighted by Gasteiger charge is -2.01. The van der Waals surface area contributed by atoms with Gasteiger partial charge in [0.15, 0.2) is 0 Å². The van der Waals surface area contributed by atoms with Crippen LogP contribution in [0.1, 0.15) is 68.2 Å². The molecule has 0 aromatic carbocycles. The molecule has 0 spiro atoms. The Bertz CT molecular complexity index is 80.6. The number of hydrogen-bond acceptors (Lipinski definition) is 1. The molecule has 1 nitrogen and oxygen atoms in total. The van der Waals surface area contributed by atoms with Crippen molar-refractivity contribution >= 4 is 0 Å². The van der Waals surface area contributed by atoms with Gasteiger partial charge in [0, 0.05) is 7.11 Å². The van der Waals surface area contributed by atoms with E-state index < -0.39 is 0 Å². The molecule has 0 aliphatic heterocycles. The molecule has 0 aromatic rings. The van der Waals surface area contributed by atoms with Crippen molar-refractivity contribution in [1.82, 2.24) is 0 Å². The van der Waals surface area contributed by atoms with E-state index in [2.05, 4.69) is 55.4 Å². The largest absolute Gasteiger partial charge is 0.382 e. The van der Waals surface area contributed by atoms with Crippen molar-refractivity contribution in [2.45, 2.75) is 74.3 Å². The van der Waals surface area contributed by atoms with Crippen LogP contribution in [0.2, 0.25) is 0 Å². The summed E-state index contributed by atoms with van der Waals surface area (Å²) < 4.78 is 4.90. The first-order chi connectivity index (χ1) is 6.81. The van der Waals surface area contributed by atoms with Crippen molar-refractivity contribution in [3.05, 3.63) is 0 Å². The highest BCUT2D eigenvalue weighted by atomic mass is 16.5. The van der Waals surface area contributed by atoms with Crippen LogP contribution in [-0.2, 0) is 4.74 Å². The summed E-state index contributed by atoms with van der Waals surface area (Å²) in [5, 5.41) is 0.